The predicted octanol–water partition coefficient (Wildman–Crippen LogP) is 4.89. The van der Waals surface area contributed by atoms with Crippen LogP contribution in [0.4, 0.5) is 19.5 Å². The molecule has 1 aromatic heterocycles. The van der Waals surface area contributed by atoms with Crippen molar-refractivity contribution in [1.82, 2.24) is 0 Å². The second-order valence-electron chi connectivity index (χ2n) is 6.50. The van der Waals surface area contributed by atoms with Gasteiger partial charge in [-0.15, -0.1) is 11.3 Å². The molecule has 1 aliphatic rings. The van der Waals surface area contributed by atoms with Crippen molar-refractivity contribution in [3.63, 3.8) is 0 Å². The van der Waals surface area contributed by atoms with Crippen molar-refractivity contribution in [2.45, 2.75) is 17.2 Å². The summed E-state index contributed by atoms with van der Waals surface area (Å²) in [5, 5.41) is 25.6. The van der Waals surface area contributed by atoms with E-state index in [0.717, 1.165) is 23.1 Å². The molecule has 0 aliphatic carbocycles. The number of carbonyl (C=O) groups is 2. The molecular weight excluding hydrogens is 434 g/mol. The number of thioether (sulfide) groups is 1. The molecule has 30 heavy (non-hydrogen) atoms. The molecule has 6 nitrogen and oxygen atoms in total. The van der Waals surface area contributed by atoms with E-state index in [4.69, 9.17) is 0 Å². The van der Waals surface area contributed by atoms with E-state index >= 15 is 0 Å². The first-order valence-corrected chi connectivity index (χ1v) is 10.4. The van der Waals surface area contributed by atoms with E-state index in [2.05, 4.69) is 10.6 Å². The molecule has 3 aromatic rings. The number of anilines is 2. The number of amides is 1. The first-order chi connectivity index (χ1) is 14.3. The summed E-state index contributed by atoms with van der Waals surface area (Å²) in [5.74, 6) is -4.09. The molecular formula is C20H14F2N2O4S2. The molecule has 0 saturated carbocycles. The first-order valence-electron chi connectivity index (χ1n) is 8.63. The zero-order valence-corrected chi connectivity index (χ0v) is 17.0. The first kappa shape index (κ1) is 20.2. The Labute approximate surface area is 177 Å². The van der Waals surface area contributed by atoms with Crippen LogP contribution in [0.15, 0.2) is 40.6 Å². The molecule has 4 rings (SSSR count). The van der Waals surface area contributed by atoms with Crippen LogP contribution in [0.25, 0.3) is 11.1 Å². The molecule has 0 spiro atoms. The van der Waals surface area contributed by atoms with Gasteiger partial charge in [-0.3, -0.25) is 4.79 Å². The number of halogens is 2. The Morgan fingerprint density at radius 1 is 1.13 bits per heavy atom. The van der Waals surface area contributed by atoms with Gasteiger partial charge in [-0.2, -0.15) is 0 Å². The third kappa shape index (κ3) is 3.37. The number of aromatic carboxylic acids is 1. The Kier molecular flexibility index (Phi) is 5.12. The highest BCUT2D eigenvalue weighted by Crippen LogP contribution is 2.44. The lowest BCUT2D eigenvalue weighted by atomic mass is 10.0. The van der Waals surface area contributed by atoms with Crippen LogP contribution in [0.3, 0.4) is 0 Å². The van der Waals surface area contributed by atoms with Crippen LogP contribution in [0.2, 0.25) is 0 Å². The second kappa shape index (κ2) is 7.62. The number of fused-ring (bicyclic) bond motifs is 1. The summed E-state index contributed by atoms with van der Waals surface area (Å²) in [4.78, 5) is 25.0. The Balaban J connectivity index is 1.64. The predicted molar refractivity (Wildman–Crippen MR) is 111 cm³/mol. The third-order valence-corrected chi connectivity index (χ3v) is 6.69. The van der Waals surface area contributed by atoms with Gasteiger partial charge in [0.05, 0.1) is 10.6 Å². The largest absolute Gasteiger partial charge is 0.507 e. The minimum absolute atomic E-state index is 0.00506. The molecule has 1 atom stereocenters. The second-order valence-corrected chi connectivity index (χ2v) is 8.50. The van der Waals surface area contributed by atoms with E-state index in [-0.39, 0.29) is 33.0 Å². The highest BCUT2D eigenvalue weighted by atomic mass is 32.2. The molecule has 0 radical (unpaired) electrons. The van der Waals surface area contributed by atoms with Crippen LogP contribution in [0.5, 0.6) is 5.75 Å². The molecule has 0 fully saturated rings. The summed E-state index contributed by atoms with van der Waals surface area (Å²) in [7, 11) is 0. The standard InChI is InChI=1S/C20H14F2N2O4S2/c1-8-5-6-9(15(22)14(8)21)10-7-29-18(13(10)20(27)28)24-17(26)19-23-11-3-2-4-12(25)16(11)30-19/h2-7,19,23,25H,1H3,(H,24,26)(H,27,28). The van der Waals surface area contributed by atoms with Crippen LogP contribution < -0.4 is 10.6 Å². The molecule has 1 aliphatic heterocycles. The monoisotopic (exact) mass is 448 g/mol. The van der Waals surface area contributed by atoms with Crippen LogP contribution in [0.1, 0.15) is 15.9 Å². The minimum atomic E-state index is -1.38. The number of carbonyl (C=O) groups excluding carboxylic acids is 1. The molecule has 1 unspecified atom stereocenters. The van der Waals surface area contributed by atoms with Gasteiger partial charge in [-0.25, -0.2) is 13.6 Å². The van der Waals surface area contributed by atoms with Gasteiger partial charge in [-0.1, -0.05) is 30.0 Å². The zero-order chi connectivity index (χ0) is 21.6. The Hall–Kier alpha value is -3.11. The fraction of sp³-hybridized carbons (Fsp3) is 0.100. The molecule has 2 heterocycles. The number of nitrogens with one attached hydrogen (secondary N) is 2. The van der Waals surface area contributed by atoms with Crippen LogP contribution in [-0.2, 0) is 4.79 Å². The van der Waals surface area contributed by atoms with E-state index in [1.165, 1.54) is 30.5 Å². The maximum absolute atomic E-state index is 14.4. The van der Waals surface area contributed by atoms with Crippen molar-refractivity contribution >= 4 is 45.7 Å². The normalized spacial score (nSPS) is 14.8. The summed E-state index contributed by atoms with van der Waals surface area (Å²) in [6, 6.07) is 7.50. The number of carboxylic acid groups (broad SMARTS) is 1. The summed E-state index contributed by atoms with van der Waals surface area (Å²) < 4.78 is 28.4. The maximum Gasteiger partial charge on any atom is 0.339 e. The van der Waals surface area contributed by atoms with Crippen molar-refractivity contribution in [2.75, 3.05) is 10.6 Å². The van der Waals surface area contributed by atoms with Gasteiger partial charge in [-0.05, 0) is 24.6 Å². The van der Waals surface area contributed by atoms with Crippen molar-refractivity contribution in [3.8, 4) is 16.9 Å². The number of aryl methyl sites for hydroxylation is 1. The highest BCUT2D eigenvalue weighted by molar-refractivity contribution is 8.01. The summed E-state index contributed by atoms with van der Waals surface area (Å²) in [6.07, 6.45) is 0. The number of phenols is 1. The SMILES string of the molecule is Cc1ccc(-c2csc(NC(=O)C3Nc4cccc(O)c4S3)c2C(=O)O)c(F)c1F. The van der Waals surface area contributed by atoms with E-state index in [1.54, 1.807) is 12.1 Å². The Morgan fingerprint density at radius 2 is 1.90 bits per heavy atom. The van der Waals surface area contributed by atoms with E-state index in [9.17, 15) is 28.6 Å². The third-order valence-electron chi connectivity index (χ3n) is 4.56. The molecule has 0 bridgehead atoms. The minimum Gasteiger partial charge on any atom is -0.507 e. The van der Waals surface area contributed by atoms with Crippen LogP contribution in [-0.4, -0.2) is 27.5 Å². The Morgan fingerprint density at radius 3 is 2.60 bits per heavy atom. The number of phenolic OH excluding ortho intramolecular Hbond substituents is 1. The van der Waals surface area contributed by atoms with E-state index < -0.39 is 28.9 Å². The number of benzene rings is 2. The van der Waals surface area contributed by atoms with E-state index in [0.29, 0.717) is 10.6 Å². The van der Waals surface area contributed by atoms with Crippen LogP contribution >= 0.6 is 23.1 Å². The number of carboxylic acids is 1. The molecule has 2 aromatic carbocycles. The van der Waals surface area contributed by atoms with Crippen molar-refractivity contribution in [1.29, 1.82) is 0 Å². The molecule has 1 amide bonds. The van der Waals surface area contributed by atoms with Crippen molar-refractivity contribution in [2.24, 2.45) is 0 Å². The van der Waals surface area contributed by atoms with E-state index in [1.807, 2.05) is 0 Å². The molecule has 4 N–H and O–H groups in total. The summed E-state index contributed by atoms with van der Waals surface area (Å²) >= 11 is 1.99. The quantitative estimate of drug-likeness (QED) is 0.454. The number of aromatic hydroxyl groups is 1. The van der Waals surface area contributed by atoms with Gasteiger partial charge >= 0.3 is 5.97 Å². The number of thiophene rings is 1. The molecule has 154 valence electrons. The fourth-order valence-corrected chi connectivity index (χ4v) is 5.05. The Bertz CT molecular complexity index is 1200. The van der Waals surface area contributed by atoms with Crippen LogP contribution in [0, 0.1) is 18.6 Å². The molecule has 10 heteroatoms. The summed E-state index contributed by atoms with van der Waals surface area (Å²) in [5.41, 5.74) is 0.149. The fourth-order valence-electron chi connectivity index (χ4n) is 3.06. The van der Waals surface area contributed by atoms with Gasteiger partial charge in [0.15, 0.2) is 17.0 Å². The average Bonchev–Trinajstić information content (AvgIpc) is 3.31. The van der Waals surface area contributed by atoms with Gasteiger partial charge in [0.2, 0.25) is 0 Å². The highest BCUT2D eigenvalue weighted by Gasteiger charge is 2.31. The van der Waals surface area contributed by atoms with Gasteiger partial charge < -0.3 is 20.8 Å². The number of hydrogen-bond acceptors (Lipinski definition) is 6. The van der Waals surface area contributed by atoms with Crippen molar-refractivity contribution in [3.05, 3.63) is 58.5 Å². The lowest BCUT2D eigenvalue weighted by Gasteiger charge is -2.11. The summed E-state index contributed by atoms with van der Waals surface area (Å²) in [6.45, 7) is 1.40. The average molecular weight is 448 g/mol. The lowest BCUT2D eigenvalue weighted by molar-refractivity contribution is -0.115. The lowest BCUT2D eigenvalue weighted by Crippen LogP contribution is -2.29. The zero-order valence-electron chi connectivity index (χ0n) is 15.3. The smallest absolute Gasteiger partial charge is 0.339 e. The van der Waals surface area contributed by atoms with Gasteiger partial charge in [0, 0.05) is 16.5 Å². The number of rotatable bonds is 4. The molecule has 0 saturated heterocycles. The maximum atomic E-state index is 14.4. The van der Waals surface area contributed by atoms with Crippen molar-refractivity contribution < 1.29 is 28.6 Å². The van der Waals surface area contributed by atoms with Gasteiger partial charge in [0.25, 0.3) is 5.91 Å². The number of hydrogen-bond donors (Lipinski definition) is 4. The van der Waals surface area contributed by atoms with Gasteiger partial charge in [0.1, 0.15) is 16.3 Å². The topological polar surface area (TPSA) is 98.7 Å².